The van der Waals surface area contributed by atoms with E-state index in [2.05, 4.69) is 14.7 Å². The van der Waals surface area contributed by atoms with Crippen molar-refractivity contribution in [3.63, 3.8) is 0 Å². The number of fused-ring (bicyclic) bond motifs is 1. The summed E-state index contributed by atoms with van der Waals surface area (Å²) in [5.41, 5.74) is 1.88. The fourth-order valence-corrected chi connectivity index (χ4v) is 2.73. The van der Waals surface area contributed by atoms with E-state index in [4.69, 9.17) is 11.6 Å². The summed E-state index contributed by atoms with van der Waals surface area (Å²) in [5, 5.41) is 0.114. The lowest BCUT2D eigenvalue weighted by Gasteiger charge is -2.15. The van der Waals surface area contributed by atoms with E-state index in [9.17, 15) is 18.0 Å². The van der Waals surface area contributed by atoms with E-state index in [1.54, 1.807) is 19.1 Å². The Morgan fingerprint density at radius 3 is 2.61 bits per heavy atom. The molecule has 0 unspecified atom stereocenters. The fraction of sp³-hybridized carbons (Fsp3) is 0.133. The highest BCUT2D eigenvalue weighted by atomic mass is 35.5. The summed E-state index contributed by atoms with van der Waals surface area (Å²) in [5.74, 6) is -0.401. The van der Waals surface area contributed by atoms with Crippen molar-refractivity contribution in [1.29, 1.82) is 0 Å². The average Bonchev–Trinajstić information content (AvgIpc) is 2.78. The molecule has 3 rings (SSSR count). The van der Waals surface area contributed by atoms with Gasteiger partial charge >= 0.3 is 12.1 Å². The van der Waals surface area contributed by atoms with Crippen LogP contribution >= 0.6 is 11.6 Å². The second kappa shape index (κ2) is 5.34. The number of nitrogens with one attached hydrogen (secondary N) is 2. The molecule has 4 nitrogen and oxygen atoms in total. The summed E-state index contributed by atoms with van der Waals surface area (Å²) in [7, 11) is 0. The van der Waals surface area contributed by atoms with Crippen LogP contribution in [0.2, 0.25) is 5.02 Å². The molecule has 0 saturated carbocycles. The van der Waals surface area contributed by atoms with Crippen LogP contribution in [-0.2, 0) is 0 Å². The maximum absolute atomic E-state index is 12.6. The van der Waals surface area contributed by atoms with Gasteiger partial charge in [0.25, 0.3) is 0 Å². The topological polar surface area (TPSA) is 57.9 Å². The van der Waals surface area contributed by atoms with Crippen molar-refractivity contribution in [2.45, 2.75) is 13.3 Å². The molecule has 0 radical (unpaired) electrons. The summed E-state index contributed by atoms with van der Waals surface area (Å²) in [6.45, 7) is 1.73. The van der Waals surface area contributed by atoms with Crippen molar-refractivity contribution >= 4 is 22.6 Å². The molecule has 0 bridgehead atoms. The van der Waals surface area contributed by atoms with Crippen molar-refractivity contribution < 1.29 is 17.9 Å². The Labute approximate surface area is 132 Å². The van der Waals surface area contributed by atoms with Gasteiger partial charge in [0.1, 0.15) is 5.75 Å². The highest BCUT2D eigenvalue weighted by Gasteiger charge is 2.32. The summed E-state index contributed by atoms with van der Waals surface area (Å²) in [4.78, 5) is 16.6. The van der Waals surface area contributed by atoms with Gasteiger partial charge < -0.3 is 14.7 Å². The van der Waals surface area contributed by atoms with E-state index in [0.29, 0.717) is 22.2 Å². The number of aromatic nitrogens is 2. The van der Waals surface area contributed by atoms with Crippen LogP contribution in [0.15, 0.2) is 35.1 Å². The molecule has 0 amide bonds. The Hall–Kier alpha value is -2.41. The Kier molecular flexibility index (Phi) is 3.60. The molecule has 1 aromatic heterocycles. The first-order valence-electron chi connectivity index (χ1n) is 6.52. The van der Waals surface area contributed by atoms with E-state index < -0.39 is 17.8 Å². The van der Waals surface area contributed by atoms with Crippen molar-refractivity contribution in [1.82, 2.24) is 9.97 Å². The Morgan fingerprint density at radius 1 is 1.17 bits per heavy atom. The monoisotopic (exact) mass is 342 g/mol. The smallest absolute Gasteiger partial charge is 0.405 e. The third-order valence-electron chi connectivity index (χ3n) is 3.31. The zero-order valence-corrected chi connectivity index (χ0v) is 12.5. The lowest BCUT2D eigenvalue weighted by Crippen LogP contribution is -2.17. The molecule has 0 aliphatic heterocycles. The molecule has 23 heavy (non-hydrogen) atoms. The Bertz CT molecular complexity index is 944. The molecule has 0 aliphatic rings. The molecule has 0 spiro atoms. The number of imidazole rings is 1. The first-order valence-corrected chi connectivity index (χ1v) is 6.89. The summed E-state index contributed by atoms with van der Waals surface area (Å²) in [6.07, 6.45) is -4.83. The van der Waals surface area contributed by atoms with E-state index in [1.165, 1.54) is 18.2 Å². The summed E-state index contributed by atoms with van der Waals surface area (Å²) in [6, 6.07) is 7.21. The number of H-pyrrole nitrogens is 2. The summed E-state index contributed by atoms with van der Waals surface area (Å²) >= 11 is 6.07. The standard InChI is InChI=1S/C15H10ClF3N2O2/c1-7-5-8(6-10-13(7)21-14(22)20-10)12-9(16)3-2-4-11(12)23-15(17,18)19/h2-6H,1H3,(H2,20,21,22). The van der Waals surface area contributed by atoms with Crippen LogP contribution in [0.4, 0.5) is 13.2 Å². The highest BCUT2D eigenvalue weighted by Crippen LogP contribution is 2.40. The fourth-order valence-electron chi connectivity index (χ4n) is 2.46. The first-order chi connectivity index (χ1) is 10.7. The Morgan fingerprint density at radius 2 is 1.91 bits per heavy atom. The molecule has 120 valence electrons. The molecule has 0 saturated heterocycles. The number of halogens is 4. The first kappa shape index (κ1) is 15.5. The van der Waals surface area contributed by atoms with E-state index in [1.807, 2.05) is 0 Å². The van der Waals surface area contributed by atoms with Crippen LogP contribution in [0.25, 0.3) is 22.2 Å². The molecule has 2 N–H and O–H groups in total. The maximum Gasteiger partial charge on any atom is 0.573 e. The van der Waals surface area contributed by atoms with Crippen LogP contribution in [0, 0.1) is 6.92 Å². The van der Waals surface area contributed by atoms with Gasteiger partial charge in [0.05, 0.1) is 16.1 Å². The maximum atomic E-state index is 12.6. The van der Waals surface area contributed by atoms with Gasteiger partial charge in [-0.25, -0.2) is 4.79 Å². The van der Waals surface area contributed by atoms with Crippen molar-refractivity contribution in [3.8, 4) is 16.9 Å². The van der Waals surface area contributed by atoms with Gasteiger partial charge in [-0.1, -0.05) is 17.7 Å². The zero-order chi connectivity index (χ0) is 16.8. The Balaban J connectivity index is 2.24. The molecule has 8 heteroatoms. The molecular formula is C15H10ClF3N2O2. The third-order valence-corrected chi connectivity index (χ3v) is 3.63. The van der Waals surface area contributed by atoms with E-state index in [-0.39, 0.29) is 10.6 Å². The number of hydrogen-bond donors (Lipinski definition) is 2. The van der Waals surface area contributed by atoms with E-state index >= 15 is 0 Å². The minimum atomic E-state index is -4.83. The van der Waals surface area contributed by atoms with Gasteiger partial charge in [-0.2, -0.15) is 0 Å². The number of aromatic amines is 2. The van der Waals surface area contributed by atoms with E-state index in [0.717, 1.165) is 0 Å². The van der Waals surface area contributed by atoms with Crippen molar-refractivity contribution in [3.05, 3.63) is 51.4 Å². The molecule has 0 fully saturated rings. The van der Waals surface area contributed by atoms with Gasteiger partial charge in [-0.3, -0.25) is 0 Å². The molecule has 3 aromatic rings. The van der Waals surface area contributed by atoms with Crippen molar-refractivity contribution in [2.75, 3.05) is 0 Å². The second-order valence-electron chi connectivity index (χ2n) is 4.96. The highest BCUT2D eigenvalue weighted by molar-refractivity contribution is 6.33. The van der Waals surface area contributed by atoms with Gasteiger partial charge in [0, 0.05) is 5.56 Å². The molecule has 1 heterocycles. The normalized spacial score (nSPS) is 11.9. The van der Waals surface area contributed by atoms with Crippen LogP contribution < -0.4 is 10.4 Å². The van der Waals surface area contributed by atoms with Gasteiger partial charge in [0.15, 0.2) is 0 Å². The molecule has 2 aromatic carbocycles. The largest absolute Gasteiger partial charge is 0.573 e. The van der Waals surface area contributed by atoms with Crippen molar-refractivity contribution in [2.24, 2.45) is 0 Å². The van der Waals surface area contributed by atoms with Crippen LogP contribution in [0.3, 0.4) is 0 Å². The van der Waals surface area contributed by atoms with Crippen LogP contribution in [-0.4, -0.2) is 16.3 Å². The SMILES string of the molecule is Cc1cc(-c2c(Cl)cccc2OC(F)(F)F)cc2[nH]c(=O)[nH]c12. The van der Waals surface area contributed by atoms with Gasteiger partial charge in [-0.15, -0.1) is 13.2 Å². The number of aryl methyl sites for hydroxylation is 1. The zero-order valence-electron chi connectivity index (χ0n) is 11.7. The molecule has 0 atom stereocenters. The minimum absolute atomic E-state index is 0.110. The lowest BCUT2D eigenvalue weighted by molar-refractivity contribution is -0.274. The number of benzene rings is 2. The van der Waals surface area contributed by atoms with Crippen LogP contribution in [0.5, 0.6) is 5.75 Å². The average molecular weight is 343 g/mol. The number of ether oxygens (including phenoxy) is 1. The predicted octanol–water partition coefficient (Wildman–Crippen LogP) is 4.38. The number of alkyl halides is 3. The number of rotatable bonds is 2. The predicted molar refractivity (Wildman–Crippen MR) is 80.8 cm³/mol. The minimum Gasteiger partial charge on any atom is -0.405 e. The van der Waals surface area contributed by atoms with Gasteiger partial charge in [0.2, 0.25) is 0 Å². The van der Waals surface area contributed by atoms with Gasteiger partial charge in [-0.05, 0) is 42.3 Å². The van der Waals surface area contributed by atoms with Crippen LogP contribution in [0.1, 0.15) is 5.56 Å². The number of hydrogen-bond acceptors (Lipinski definition) is 2. The molecule has 0 aliphatic carbocycles. The quantitative estimate of drug-likeness (QED) is 0.726. The second-order valence-corrected chi connectivity index (χ2v) is 5.36. The lowest BCUT2D eigenvalue weighted by atomic mass is 10.0. The third kappa shape index (κ3) is 3.05. The molecular weight excluding hydrogens is 333 g/mol. The summed E-state index contributed by atoms with van der Waals surface area (Å²) < 4.78 is 41.8.